The van der Waals surface area contributed by atoms with Crippen molar-refractivity contribution in [3.63, 3.8) is 0 Å². The molecular formula is C18H21N3O3. The van der Waals surface area contributed by atoms with Gasteiger partial charge < -0.3 is 9.64 Å². The van der Waals surface area contributed by atoms with E-state index >= 15 is 0 Å². The molecule has 0 aliphatic carbocycles. The van der Waals surface area contributed by atoms with Crippen molar-refractivity contribution in [2.24, 2.45) is 7.05 Å². The van der Waals surface area contributed by atoms with Crippen LogP contribution in [-0.2, 0) is 23.0 Å². The van der Waals surface area contributed by atoms with E-state index < -0.39 is 12.1 Å². The molecule has 6 nitrogen and oxygen atoms in total. The predicted molar refractivity (Wildman–Crippen MR) is 89.9 cm³/mol. The maximum atomic E-state index is 12.7. The number of para-hydroxylation sites is 1. The van der Waals surface area contributed by atoms with Crippen molar-refractivity contribution in [3.05, 3.63) is 47.3 Å². The fourth-order valence-corrected chi connectivity index (χ4v) is 2.96. The molecule has 3 rings (SSSR count). The zero-order valence-electron chi connectivity index (χ0n) is 14.2. The summed E-state index contributed by atoms with van der Waals surface area (Å²) in [6.07, 6.45) is 2.49. The van der Waals surface area contributed by atoms with Crippen LogP contribution in [0, 0.1) is 6.92 Å². The first-order chi connectivity index (χ1) is 11.5. The minimum Gasteiger partial charge on any atom is -0.449 e. The number of anilines is 1. The highest BCUT2D eigenvalue weighted by Crippen LogP contribution is 2.27. The van der Waals surface area contributed by atoms with E-state index in [0.29, 0.717) is 17.8 Å². The summed E-state index contributed by atoms with van der Waals surface area (Å²) in [5.74, 6) is -0.719. The Balaban J connectivity index is 1.74. The Bertz CT molecular complexity index is 782. The second-order valence-corrected chi connectivity index (χ2v) is 6.04. The SMILES string of the molecule is Cc1c(C(=O)OC(C)C(=O)N2CCCc3ccccc32)cnn1C. The molecule has 0 saturated heterocycles. The number of aromatic nitrogens is 2. The fourth-order valence-electron chi connectivity index (χ4n) is 2.96. The number of hydrogen-bond acceptors (Lipinski definition) is 4. The molecule has 0 bridgehead atoms. The van der Waals surface area contributed by atoms with E-state index in [0.717, 1.165) is 24.1 Å². The van der Waals surface area contributed by atoms with Crippen molar-refractivity contribution in [2.75, 3.05) is 11.4 Å². The van der Waals surface area contributed by atoms with Gasteiger partial charge in [-0.1, -0.05) is 18.2 Å². The zero-order chi connectivity index (χ0) is 17.3. The Labute approximate surface area is 141 Å². The highest BCUT2D eigenvalue weighted by Gasteiger charge is 2.29. The minimum atomic E-state index is -0.844. The van der Waals surface area contributed by atoms with Crippen LogP contribution in [0.5, 0.6) is 0 Å². The van der Waals surface area contributed by atoms with Crippen molar-refractivity contribution in [1.82, 2.24) is 9.78 Å². The van der Waals surface area contributed by atoms with E-state index in [1.807, 2.05) is 24.3 Å². The molecule has 0 N–H and O–H groups in total. The Morgan fingerprint density at radius 3 is 2.75 bits per heavy atom. The van der Waals surface area contributed by atoms with E-state index in [4.69, 9.17) is 4.74 Å². The van der Waals surface area contributed by atoms with Crippen LogP contribution in [0.1, 0.15) is 35.0 Å². The van der Waals surface area contributed by atoms with E-state index in [-0.39, 0.29) is 5.91 Å². The smallest absolute Gasteiger partial charge is 0.342 e. The van der Waals surface area contributed by atoms with Gasteiger partial charge in [-0.05, 0) is 38.3 Å². The summed E-state index contributed by atoms with van der Waals surface area (Å²) in [5.41, 5.74) is 3.16. The molecule has 1 amide bonds. The summed E-state index contributed by atoms with van der Waals surface area (Å²) in [5, 5.41) is 4.03. The van der Waals surface area contributed by atoms with Gasteiger partial charge in [0.2, 0.25) is 0 Å². The molecular weight excluding hydrogens is 306 g/mol. The zero-order valence-corrected chi connectivity index (χ0v) is 14.2. The molecule has 1 aromatic heterocycles. The molecule has 1 unspecified atom stereocenters. The van der Waals surface area contributed by atoms with E-state index in [9.17, 15) is 9.59 Å². The molecule has 1 aromatic carbocycles. The number of hydrogen-bond donors (Lipinski definition) is 0. The van der Waals surface area contributed by atoms with Gasteiger partial charge in [-0.25, -0.2) is 4.79 Å². The molecule has 0 spiro atoms. The maximum Gasteiger partial charge on any atom is 0.342 e. The number of benzene rings is 1. The summed E-state index contributed by atoms with van der Waals surface area (Å²) < 4.78 is 6.98. The van der Waals surface area contributed by atoms with Crippen LogP contribution in [-0.4, -0.2) is 34.3 Å². The van der Waals surface area contributed by atoms with Gasteiger partial charge in [0.1, 0.15) is 5.56 Å². The number of ether oxygens (including phenoxy) is 1. The lowest BCUT2D eigenvalue weighted by molar-refractivity contribution is -0.126. The average molecular weight is 327 g/mol. The number of fused-ring (bicyclic) bond motifs is 1. The molecule has 126 valence electrons. The number of amides is 1. The lowest BCUT2D eigenvalue weighted by Crippen LogP contribution is -2.42. The summed E-state index contributed by atoms with van der Waals surface area (Å²) in [4.78, 5) is 26.7. The molecule has 2 aromatic rings. The number of aryl methyl sites for hydroxylation is 2. The fraction of sp³-hybridized carbons (Fsp3) is 0.389. The highest BCUT2D eigenvalue weighted by molar-refractivity contribution is 6.00. The largest absolute Gasteiger partial charge is 0.449 e. The van der Waals surface area contributed by atoms with Gasteiger partial charge in [0.05, 0.1) is 6.20 Å². The quantitative estimate of drug-likeness (QED) is 0.811. The molecule has 0 saturated carbocycles. The molecule has 0 radical (unpaired) electrons. The van der Waals surface area contributed by atoms with Gasteiger partial charge >= 0.3 is 5.97 Å². The van der Waals surface area contributed by atoms with Gasteiger partial charge in [-0.2, -0.15) is 5.10 Å². The minimum absolute atomic E-state index is 0.197. The lowest BCUT2D eigenvalue weighted by Gasteiger charge is -2.31. The van der Waals surface area contributed by atoms with Crippen molar-refractivity contribution in [1.29, 1.82) is 0 Å². The monoisotopic (exact) mass is 327 g/mol. The predicted octanol–water partition coefficient (Wildman–Crippen LogP) is 2.25. The normalized spacial score (nSPS) is 14.9. The van der Waals surface area contributed by atoms with Crippen molar-refractivity contribution >= 4 is 17.6 Å². The van der Waals surface area contributed by atoms with Gasteiger partial charge in [0.15, 0.2) is 6.10 Å². The van der Waals surface area contributed by atoms with Crippen molar-refractivity contribution in [3.8, 4) is 0 Å². The van der Waals surface area contributed by atoms with Crippen LogP contribution in [0.25, 0.3) is 0 Å². The molecule has 24 heavy (non-hydrogen) atoms. The van der Waals surface area contributed by atoms with E-state index in [1.165, 1.54) is 6.20 Å². The summed E-state index contributed by atoms with van der Waals surface area (Å²) in [6.45, 7) is 4.05. The number of carbonyl (C=O) groups is 2. The summed E-state index contributed by atoms with van der Waals surface area (Å²) in [7, 11) is 1.76. The summed E-state index contributed by atoms with van der Waals surface area (Å²) >= 11 is 0. The Morgan fingerprint density at radius 1 is 1.29 bits per heavy atom. The highest BCUT2D eigenvalue weighted by atomic mass is 16.5. The van der Waals surface area contributed by atoms with Gasteiger partial charge in [0, 0.05) is 25.0 Å². The lowest BCUT2D eigenvalue weighted by atomic mass is 10.0. The number of carbonyl (C=O) groups excluding carboxylic acids is 2. The third-order valence-corrected chi connectivity index (χ3v) is 4.46. The average Bonchev–Trinajstić information content (AvgIpc) is 2.93. The van der Waals surface area contributed by atoms with Crippen molar-refractivity contribution in [2.45, 2.75) is 32.8 Å². The third-order valence-electron chi connectivity index (χ3n) is 4.46. The molecule has 1 aliphatic heterocycles. The Hall–Kier alpha value is -2.63. The first-order valence-corrected chi connectivity index (χ1v) is 8.08. The molecule has 1 aliphatic rings. The number of nitrogens with zero attached hydrogens (tertiary/aromatic N) is 3. The summed E-state index contributed by atoms with van der Waals surface area (Å²) in [6, 6.07) is 7.86. The first kappa shape index (κ1) is 16.2. The van der Waals surface area contributed by atoms with Gasteiger partial charge in [-0.15, -0.1) is 0 Å². The molecule has 2 heterocycles. The standard InChI is InChI=1S/C18H21N3O3/c1-12-15(11-19-20(12)3)18(23)24-13(2)17(22)21-10-6-8-14-7-4-5-9-16(14)21/h4-5,7,9,11,13H,6,8,10H2,1-3H3. The molecule has 1 atom stereocenters. The van der Waals surface area contributed by atoms with E-state index in [2.05, 4.69) is 5.10 Å². The maximum absolute atomic E-state index is 12.7. The van der Waals surface area contributed by atoms with Crippen LogP contribution < -0.4 is 4.90 Å². The number of rotatable bonds is 3. The van der Waals surface area contributed by atoms with Crippen LogP contribution in [0.15, 0.2) is 30.5 Å². The van der Waals surface area contributed by atoms with Gasteiger partial charge in [0.25, 0.3) is 5.91 Å². The third kappa shape index (κ3) is 2.91. The Kier molecular flexibility index (Phi) is 4.38. The second-order valence-electron chi connectivity index (χ2n) is 6.04. The number of esters is 1. The van der Waals surface area contributed by atoms with Crippen LogP contribution in [0.2, 0.25) is 0 Å². The van der Waals surface area contributed by atoms with Gasteiger partial charge in [-0.3, -0.25) is 9.48 Å². The Morgan fingerprint density at radius 2 is 2.04 bits per heavy atom. The van der Waals surface area contributed by atoms with Crippen LogP contribution >= 0.6 is 0 Å². The first-order valence-electron chi connectivity index (χ1n) is 8.08. The van der Waals surface area contributed by atoms with Crippen LogP contribution in [0.3, 0.4) is 0 Å². The molecule has 0 fully saturated rings. The molecule has 6 heteroatoms. The van der Waals surface area contributed by atoms with E-state index in [1.54, 1.807) is 30.5 Å². The second kappa shape index (κ2) is 6.47. The van der Waals surface area contributed by atoms with Crippen LogP contribution in [0.4, 0.5) is 5.69 Å². The topological polar surface area (TPSA) is 64.4 Å². The van der Waals surface area contributed by atoms with Crippen molar-refractivity contribution < 1.29 is 14.3 Å².